The third-order valence-electron chi connectivity index (χ3n) is 3.21. The summed E-state index contributed by atoms with van der Waals surface area (Å²) in [6, 6.07) is 11.5. The smallest absolute Gasteiger partial charge is 0.261 e. The highest BCUT2D eigenvalue weighted by Crippen LogP contribution is 2.29. The molecular weight excluding hydrogens is 336 g/mol. The van der Waals surface area contributed by atoms with E-state index in [4.69, 9.17) is 11.6 Å². The Kier molecular flexibility index (Phi) is 4.06. The molecule has 8 heteroatoms. The number of benzene rings is 2. The number of rotatable bonds is 4. The molecule has 23 heavy (non-hydrogen) atoms. The van der Waals surface area contributed by atoms with Gasteiger partial charge < -0.3 is 0 Å². The molecule has 1 heterocycles. The van der Waals surface area contributed by atoms with E-state index in [0.29, 0.717) is 16.4 Å². The first-order valence-corrected chi connectivity index (χ1v) is 8.56. The molecule has 0 unspecified atom stereocenters. The fraction of sp³-hybridized carbons (Fsp3) is 0.0667. The number of hydrogen-bond acceptors (Lipinski definition) is 4. The van der Waals surface area contributed by atoms with Gasteiger partial charge in [-0.05, 0) is 31.2 Å². The van der Waals surface area contributed by atoms with Crippen molar-refractivity contribution in [1.29, 1.82) is 0 Å². The van der Waals surface area contributed by atoms with Crippen molar-refractivity contribution in [1.82, 2.24) is 14.8 Å². The Morgan fingerprint density at radius 1 is 1.13 bits per heavy atom. The van der Waals surface area contributed by atoms with Crippen LogP contribution in [0.5, 0.6) is 0 Å². The lowest BCUT2D eigenvalue weighted by Gasteiger charge is -2.13. The van der Waals surface area contributed by atoms with E-state index in [1.807, 2.05) is 6.92 Å². The van der Waals surface area contributed by atoms with Crippen LogP contribution in [0.3, 0.4) is 0 Å². The van der Waals surface area contributed by atoms with Crippen molar-refractivity contribution in [3.05, 3.63) is 65.7 Å². The quantitative estimate of drug-likeness (QED) is 0.786. The molecule has 0 spiro atoms. The second kappa shape index (κ2) is 6.02. The highest BCUT2D eigenvalue weighted by molar-refractivity contribution is 7.92. The Labute approximate surface area is 138 Å². The van der Waals surface area contributed by atoms with E-state index in [-0.39, 0.29) is 4.90 Å². The normalized spacial score (nSPS) is 11.4. The van der Waals surface area contributed by atoms with Gasteiger partial charge in [0.2, 0.25) is 0 Å². The molecule has 2 aromatic carbocycles. The monoisotopic (exact) mass is 348 g/mol. The lowest BCUT2D eigenvalue weighted by molar-refractivity contribution is 0.601. The lowest BCUT2D eigenvalue weighted by atomic mass is 10.2. The van der Waals surface area contributed by atoms with Crippen LogP contribution in [0.4, 0.5) is 5.69 Å². The zero-order valence-corrected chi connectivity index (χ0v) is 13.7. The summed E-state index contributed by atoms with van der Waals surface area (Å²) >= 11 is 6.19. The summed E-state index contributed by atoms with van der Waals surface area (Å²) < 4.78 is 29.1. The fourth-order valence-electron chi connectivity index (χ4n) is 2.08. The van der Waals surface area contributed by atoms with Crippen LogP contribution in [0.2, 0.25) is 5.02 Å². The van der Waals surface area contributed by atoms with Gasteiger partial charge in [0.05, 0.1) is 15.6 Å². The third kappa shape index (κ3) is 3.20. The Morgan fingerprint density at radius 2 is 1.87 bits per heavy atom. The van der Waals surface area contributed by atoms with Crippen LogP contribution >= 0.6 is 11.6 Å². The van der Waals surface area contributed by atoms with Crippen LogP contribution in [0, 0.1) is 6.92 Å². The van der Waals surface area contributed by atoms with Gasteiger partial charge in [-0.1, -0.05) is 35.4 Å². The summed E-state index contributed by atoms with van der Waals surface area (Å²) in [6.07, 6.45) is 2.80. The van der Waals surface area contributed by atoms with Gasteiger partial charge in [-0.15, -0.1) is 0 Å². The maximum atomic E-state index is 12.5. The summed E-state index contributed by atoms with van der Waals surface area (Å²) in [4.78, 5) is 4.03. The van der Waals surface area contributed by atoms with E-state index >= 15 is 0 Å². The van der Waals surface area contributed by atoms with Gasteiger partial charge in [0, 0.05) is 0 Å². The molecule has 6 nitrogen and oxygen atoms in total. The van der Waals surface area contributed by atoms with Crippen molar-refractivity contribution in [2.45, 2.75) is 11.8 Å². The highest BCUT2D eigenvalue weighted by Gasteiger charge is 2.18. The average Bonchev–Trinajstić information content (AvgIpc) is 3.01. The van der Waals surface area contributed by atoms with Crippen molar-refractivity contribution in [2.24, 2.45) is 0 Å². The van der Waals surface area contributed by atoms with Gasteiger partial charge in [0.15, 0.2) is 0 Å². The predicted octanol–water partition coefficient (Wildman–Crippen LogP) is 3.03. The van der Waals surface area contributed by atoms with Crippen LogP contribution in [-0.2, 0) is 10.0 Å². The molecular formula is C15H13ClN4O2S. The van der Waals surface area contributed by atoms with Crippen molar-refractivity contribution >= 4 is 27.3 Å². The Morgan fingerprint density at radius 3 is 2.52 bits per heavy atom. The van der Waals surface area contributed by atoms with Crippen LogP contribution < -0.4 is 4.72 Å². The number of aromatic nitrogens is 3. The zero-order chi connectivity index (χ0) is 16.4. The van der Waals surface area contributed by atoms with Crippen LogP contribution in [0.1, 0.15) is 5.56 Å². The number of hydrogen-bond donors (Lipinski definition) is 1. The van der Waals surface area contributed by atoms with E-state index in [0.717, 1.165) is 5.56 Å². The Bertz CT molecular complexity index is 923. The molecule has 3 aromatic rings. The van der Waals surface area contributed by atoms with E-state index in [1.54, 1.807) is 42.5 Å². The maximum absolute atomic E-state index is 12.5. The van der Waals surface area contributed by atoms with E-state index in [2.05, 4.69) is 14.8 Å². The largest absolute Gasteiger partial charge is 0.277 e. The van der Waals surface area contributed by atoms with Crippen molar-refractivity contribution in [3.8, 4) is 5.69 Å². The van der Waals surface area contributed by atoms with E-state index in [1.165, 1.54) is 17.3 Å². The number of nitrogens with zero attached hydrogens (tertiary/aromatic N) is 3. The molecule has 0 amide bonds. The van der Waals surface area contributed by atoms with Gasteiger partial charge in [0.25, 0.3) is 10.0 Å². The van der Waals surface area contributed by atoms with Crippen LogP contribution in [0.15, 0.2) is 60.0 Å². The molecule has 0 fully saturated rings. The summed E-state index contributed by atoms with van der Waals surface area (Å²) in [7, 11) is -3.73. The van der Waals surface area contributed by atoms with Crippen LogP contribution in [0.25, 0.3) is 5.69 Å². The van der Waals surface area contributed by atoms with Crippen molar-refractivity contribution in [3.63, 3.8) is 0 Å². The predicted molar refractivity (Wildman–Crippen MR) is 88.4 cm³/mol. The first-order valence-electron chi connectivity index (χ1n) is 6.70. The molecule has 0 aliphatic carbocycles. The van der Waals surface area contributed by atoms with E-state index in [9.17, 15) is 8.42 Å². The van der Waals surface area contributed by atoms with Crippen molar-refractivity contribution in [2.75, 3.05) is 4.72 Å². The molecule has 0 bridgehead atoms. The highest BCUT2D eigenvalue weighted by atomic mass is 35.5. The van der Waals surface area contributed by atoms with Gasteiger partial charge in [-0.25, -0.2) is 18.1 Å². The number of nitrogens with one attached hydrogen (secondary N) is 1. The summed E-state index contributed by atoms with van der Waals surface area (Å²) in [5, 5.41) is 4.37. The molecule has 0 atom stereocenters. The number of para-hydroxylation sites is 1. The fourth-order valence-corrected chi connectivity index (χ4v) is 3.40. The Hall–Kier alpha value is -2.38. The third-order valence-corrected chi connectivity index (χ3v) is 4.90. The molecule has 3 rings (SSSR count). The molecule has 0 radical (unpaired) electrons. The molecule has 1 aromatic heterocycles. The van der Waals surface area contributed by atoms with Gasteiger partial charge >= 0.3 is 0 Å². The minimum atomic E-state index is -3.73. The Balaban J connectivity index is 2.04. The summed E-state index contributed by atoms with van der Waals surface area (Å²) in [5.74, 6) is 0. The van der Waals surface area contributed by atoms with Crippen LogP contribution in [-0.4, -0.2) is 23.2 Å². The number of sulfonamides is 1. The second-order valence-electron chi connectivity index (χ2n) is 4.89. The maximum Gasteiger partial charge on any atom is 0.261 e. The molecule has 0 aliphatic heterocycles. The number of anilines is 1. The first-order chi connectivity index (χ1) is 11.0. The molecule has 0 saturated carbocycles. The SMILES string of the molecule is Cc1ccc(S(=O)(=O)Nc2cccc(Cl)c2-n2cncn2)cc1. The summed E-state index contributed by atoms with van der Waals surface area (Å²) in [5.41, 5.74) is 1.72. The average molecular weight is 349 g/mol. The summed E-state index contributed by atoms with van der Waals surface area (Å²) in [6.45, 7) is 1.89. The second-order valence-corrected chi connectivity index (χ2v) is 6.98. The molecule has 1 N–H and O–H groups in total. The lowest BCUT2D eigenvalue weighted by Crippen LogP contribution is -2.15. The van der Waals surface area contributed by atoms with Crippen molar-refractivity contribution < 1.29 is 8.42 Å². The first kappa shape index (κ1) is 15.5. The minimum absolute atomic E-state index is 0.174. The zero-order valence-electron chi connectivity index (χ0n) is 12.1. The number of halogens is 1. The molecule has 118 valence electrons. The standard InChI is InChI=1S/C15H13ClN4O2S/c1-11-5-7-12(8-6-11)23(21,22)19-14-4-2-3-13(16)15(14)20-10-17-9-18-20/h2-10,19H,1H3. The van der Waals surface area contributed by atoms with Gasteiger partial charge in [-0.3, -0.25) is 4.72 Å². The topological polar surface area (TPSA) is 76.9 Å². The number of aryl methyl sites for hydroxylation is 1. The minimum Gasteiger partial charge on any atom is -0.277 e. The van der Waals surface area contributed by atoms with Gasteiger partial charge in [-0.2, -0.15) is 5.10 Å². The van der Waals surface area contributed by atoms with Gasteiger partial charge in [0.1, 0.15) is 18.3 Å². The molecule has 0 aliphatic rings. The van der Waals surface area contributed by atoms with E-state index < -0.39 is 10.0 Å². The molecule has 0 saturated heterocycles.